The summed E-state index contributed by atoms with van der Waals surface area (Å²) in [4.78, 5) is 23.9. The van der Waals surface area contributed by atoms with Crippen LogP contribution in [0.2, 0.25) is 0 Å². The van der Waals surface area contributed by atoms with E-state index in [1.165, 1.54) is 32.6 Å². The third-order valence-corrected chi connectivity index (χ3v) is 9.37. The van der Waals surface area contributed by atoms with Crippen LogP contribution in [0.5, 0.6) is 0 Å². The number of hydrogen-bond donors (Lipinski definition) is 0. The van der Waals surface area contributed by atoms with E-state index in [1.54, 1.807) is 0 Å². The van der Waals surface area contributed by atoms with Crippen molar-refractivity contribution in [2.75, 3.05) is 0 Å². The van der Waals surface area contributed by atoms with Crippen LogP contribution in [0.3, 0.4) is 0 Å². The molecule has 3 heteroatoms. The Bertz CT molecular complexity index is 598. The van der Waals surface area contributed by atoms with Crippen LogP contribution in [0, 0.1) is 34.0 Å². The summed E-state index contributed by atoms with van der Waals surface area (Å²) in [5, 5.41) is 0. The van der Waals surface area contributed by atoms with E-state index in [1.807, 2.05) is 0 Å². The Labute approximate surface area is 152 Å². The van der Waals surface area contributed by atoms with Crippen molar-refractivity contribution in [2.24, 2.45) is 34.0 Å². The van der Waals surface area contributed by atoms with Gasteiger partial charge in [0.2, 0.25) is 0 Å². The molecule has 0 unspecified atom stereocenters. The number of fused-ring (bicyclic) bond motifs is 5. The lowest BCUT2D eigenvalue weighted by atomic mass is 9.40. The summed E-state index contributed by atoms with van der Waals surface area (Å²) >= 11 is 0. The van der Waals surface area contributed by atoms with Crippen molar-refractivity contribution < 1.29 is 14.3 Å². The standard InChI is InChI=1S/C22H34O3/c1-14(23)25-15-7-12-22(4)18-9-11-21(3)17(5-6-19(21)24)16(18)8-10-20(22,2)13-15/h15-18H,5-13H2,1-4H3/t15-,16-,17-,18-,20-,21-,22+/m0/s1. The summed E-state index contributed by atoms with van der Waals surface area (Å²) in [5.41, 5.74) is 0.572. The smallest absolute Gasteiger partial charge is 0.302 e. The van der Waals surface area contributed by atoms with Gasteiger partial charge in [-0.05, 0) is 80.0 Å². The molecule has 4 aliphatic rings. The number of hydrogen-bond acceptors (Lipinski definition) is 3. The van der Waals surface area contributed by atoms with Gasteiger partial charge in [-0.15, -0.1) is 0 Å². The first-order chi connectivity index (χ1) is 11.7. The molecule has 0 heterocycles. The van der Waals surface area contributed by atoms with Crippen molar-refractivity contribution in [1.82, 2.24) is 0 Å². The predicted molar refractivity (Wildman–Crippen MR) is 96.9 cm³/mol. The summed E-state index contributed by atoms with van der Waals surface area (Å²) in [6.07, 6.45) is 10.0. The Morgan fingerprint density at radius 3 is 2.48 bits per heavy atom. The quantitative estimate of drug-likeness (QED) is 0.633. The van der Waals surface area contributed by atoms with Gasteiger partial charge in [-0.2, -0.15) is 0 Å². The van der Waals surface area contributed by atoms with Gasteiger partial charge in [0.1, 0.15) is 11.9 Å². The Hall–Kier alpha value is -0.860. The Balaban J connectivity index is 1.60. The van der Waals surface area contributed by atoms with E-state index in [0.29, 0.717) is 17.1 Å². The largest absolute Gasteiger partial charge is 0.463 e. The molecule has 4 fully saturated rings. The van der Waals surface area contributed by atoms with E-state index < -0.39 is 0 Å². The highest BCUT2D eigenvalue weighted by Gasteiger charge is 2.63. The van der Waals surface area contributed by atoms with Crippen LogP contribution < -0.4 is 0 Å². The van der Waals surface area contributed by atoms with Crippen LogP contribution in [-0.4, -0.2) is 17.9 Å². The van der Waals surface area contributed by atoms with Crippen LogP contribution in [-0.2, 0) is 14.3 Å². The number of Topliss-reactive ketones (excluding diaryl/α,β-unsaturated/α-hetero) is 1. The molecule has 4 aliphatic carbocycles. The Morgan fingerprint density at radius 1 is 1.00 bits per heavy atom. The van der Waals surface area contributed by atoms with Gasteiger partial charge in [-0.1, -0.05) is 20.8 Å². The molecule has 0 aromatic carbocycles. The highest BCUT2D eigenvalue weighted by Crippen LogP contribution is 2.69. The molecule has 0 radical (unpaired) electrons. The number of rotatable bonds is 1. The highest BCUT2D eigenvalue weighted by molar-refractivity contribution is 5.87. The Morgan fingerprint density at radius 2 is 1.76 bits per heavy atom. The SMILES string of the molecule is CC(=O)O[C@H]1CC[C@]2(C)[C@H]3CC[C@]4(C)C(=O)CC[C@H]4[C@@H]3CC[C@@]2(C)C1. The van der Waals surface area contributed by atoms with E-state index in [0.717, 1.165) is 43.9 Å². The van der Waals surface area contributed by atoms with E-state index in [9.17, 15) is 9.59 Å². The number of ether oxygens (including phenoxy) is 1. The molecule has 4 rings (SSSR count). The van der Waals surface area contributed by atoms with Crippen LogP contribution >= 0.6 is 0 Å². The summed E-state index contributed by atoms with van der Waals surface area (Å²) in [7, 11) is 0. The second-order valence-corrected chi connectivity index (χ2v) is 10.3. The average molecular weight is 347 g/mol. The van der Waals surface area contributed by atoms with Crippen LogP contribution in [0.4, 0.5) is 0 Å². The van der Waals surface area contributed by atoms with E-state index >= 15 is 0 Å². The highest BCUT2D eigenvalue weighted by atomic mass is 16.5. The van der Waals surface area contributed by atoms with Crippen LogP contribution in [0.15, 0.2) is 0 Å². The van der Waals surface area contributed by atoms with Crippen molar-refractivity contribution in [3.05, 3.63) is 0 Å². The average Bonchev–Trinajstić information content (AvgIpc) is 2.84. The molecular formula is C22H34O3. The van der Waals surface area contributed by atoms with Crippen molar-refractivity contribution in [3.63, 3.8) is 0 Å². The zero-order chi connectivity index (χ0) is 18.0. The normalized spacial score (nSPS) is 52.1. The van der Waals surface area contributed by atoms with Crippen molar-refractivity contribution >= 4 is 11.8 Å². The topological polar surface area (TPSA) is 43.4 Å². The predicted octanol–water partition coefficient (Wildman–Crippen LogP) is 4.92. The molecule has 3 nitrogen and oxygen atoms in total. The van der Waals surface area contributed by atoms with Crippen molar-refractivity contribution in [3.8, 4) is 0 Å². The van der Waals surface area contributed by atoms with Gasteiger partial charge >= 0.3 is 5.97 Å². The lowest BCUT2D eigenvalue weighted by molar-refractivity contribution is -0.181. The minimum Gasteiger partial charge on any atom is -0.463 e. The number of esters is 1. The maximum Gasteiger partial charge on any atom is 0.302 e. The molecule has 0 aromatic heterocycles. The van der Waals surface area contributed by atoms with Crippen LogP contribution in [0.25, 0.3) is 0 Å². The summed E-state index contributed by atoms with van der Waals surface area (Å²) in [5.74, 6) is 2.49. The molecule has 140 valence electrons. The lowest BCUT2D eigenvalue weighted by Gasteiger charge is -2.64. The molecule has 0 spiro atoms. The molecule has 0 aromatic rings. The third-order valence-electron chi connectivity index (χ3n) is 9.37. The molecule has 4 saturated carbocycles. The molecule has 0 N–H and O–H groups in total. The first-order valence-electron chi connectivity index (χ1n) is 10.4. The van der Waals surface area contributed by atoms with Gasteiger partial charge in [0.15, 0.2) is 0 Å². The molecule has 25 heavy (non-hydrogen) atoms. The Kier molecular flexibility index (Phi) is 3.91. The maximum atomic E-state index is 12.5. The zero-order valence-electron chi connectivity index (χ0n) is 16.4. The van der Waals surface area contributed by atoms with Crippen molar-refractivity contribution in [2.45, 2.75) is 91.6 Å². The maximum absolute atomic E-state index is 12.5. The van der Waals surface area contributed by atoms with E-state index in [-0.39, 0.29) is 22.9 Å². The fraction of sp³-hybridized carbons (Fsp3) is 0.909. The summed E-state index contributed by atoms with van der Waals surface area (Å²) in [6.45, 7) is 8.77. The fourth-order valence-electron chi connectivity index (χ4n) is 7.69. The second-order valence-electron chi connectivity index (χ2n) is 10.3. The van der Waals surface area contributed by atoms with Gasteiger partial charge in [0, 0.05) is 18.8 Å². The molecule has 0 amide bonds. The number of carbonyl (C=O) groups is 2. The number of ketones is 1. The molecule has 0 bridgehead atoms. The summed E-state index contributed by atoms with van der Waals surface area (Å²) < 4.78 is 5.60. The lowest BCUT2D eigenvalue weighted by Crippen LogP contribution is -2.58. The molecule has 0 aliphatic heterocycles. The second kappa shape index (κ2) is 5.57. The van der Waals surface area contributed by atoms with Gasteiger partial charge < -0.3 is 4.74 Å². The fourth-order valence-corrected chi connectivity index (χ4v) is 7.69. The van der Waals surface area contributed by atoms with E-state index in [4.69, 9.17) is 4.74 Å². The monoisotopic (exact) mass is 346 g/mol. The van der Waals surface area contributed by atoms with Gasteiger partial charge in [-0.25, -0.2) is 0 Å². The first-order valence-corrected chi connectivity index (χ1v) is 10.4. The zero-order valence-corrected chi connectivity index (χ0v) is 16.4. The number of carbonyl (C=O) groups excluding carboxylic acids is 2. The minimum absolute atomic E-state index is 0.0276. The third kappa shape index (κ3) is 2.36. The van der Waals surface area contributed by atoms with Crippen molar-refractivity contribution in [1.29, 1.82) is 0 Å². The van der Waals surface area contributed by atoms with E-state index in [2.05, 4.69) is 20.8 Å². The minimum atomic E-state index is -0.135. The van der Waals surface area contributed by atoms with Gasteiger partial charge in [0.05, 0.1) is 0 Å². The van der Waals surface area contributed by atoms with Gasteiger partial charge in [-0.3, -0.25) is 9.59 Å². The molecule has 7 atom stereocenters. The van der Waals surface area contributed by atoms with Crippen LogP contribution in [0.1, 0.15) is 85.5 Å². The molecule has 0 saturated heterocycles. The molecular weight excluding hydrogens is 312 g/mol. The summed E-state index contributed by atoms with van der Waals surface area (Å²) in [6, 6.07) is 0. The van der Waals surface area contributed by atoms with Gasteiger partial charge in [0.25, 0.3) is 0 Å². The first kappa shape index (κ1) is 17.5.